The summed E-state index contributed by atoms with van der Waals surface area (Å²) in [5, 5.41) is 3.88. The van der Waals surface area contributed by atoms with Gasteiger partial charge in [-0.2, -0.15) is 0 Å². The fraction of sp³-hybridized carbons (Fsp3) is 0.0500. The Labute approximate surface area is 164 Å². The molecular formula is C20H14ClFN4O2. The molecule has 2 heterocycles. The molecule has 0 spiro atoms. The van der Waals surface area contributed by atoms with Gasteiger partial charge in [-0.25, -0.2) is 14.4 Å². The zero-order valence-corrected chi connectivity index (χ0v) is 15.4. The molecule has 140 valence electrons. The number of aromatic nitrogens is 3. The van der Waals surface area contributed by atoms with Crippen LogP contribution < -0.4 is 15.6 Å². The minimum Gasteiger partial charge on any atom is -0.497 e. The molecule has 0 atom stereocenters. The highest BCUT2D eigenvalue weighted by atomic mass is 35.5. The minimum absolute atomic E-state index is 0.00167. The number of fused-ring (bicyclic) bond motifs is 1. The van der Waals surface area contributed by atoms with Gasteiger partial charge in [0.1, 0.15) is 17.4 Å². The predicted octanol–water partition coefficient (Wildman–Crippen LogP) is 4.53. The summed E-state index contributed by atoms with van der Waals surface area (Å²) in [5.41, 5.74) is 1.68. The standard InChI is InChI=1S/C20H14ClFN4O2/c1-28-13-4-6-17-14(9-13)20(24-12-3-5-16(22)15(21)8-12)26-19(25-17)11-2-7-18(27)23-10-11/h2-10H,1H3,(H,23,27)(H,24,25,26). The molecule has 28 heavy (non-hydrogen) atoms. The molecule has 2 N–H and O–H groups in total. The lowest BCUT2D eigenvalue weighted by molar-refractivity contribution is 0.415. The number of hydrogen-bond acceptors (Lipinski definition) is 5. The summed E-state index contributed by atoms with van der Waals surface area (Å²) in [6, 6.07) is 12.8. The molecule has 0 radical (unpaired) electrons. The van der Waals surface area contributed by atoms with E-state index >= 15 is 0 Å². The van der Waals surface area contributed by atoms with Crippen LogP contribution in [0.25, 0.3) is 22.3 Å². The van der Waals surface area contributed by atoms with Crippen molar-refractivity contribution < 1.29 is 9.13 Å². The van der Waals surface area contributed by atoms with E-state index in [4.69, 9.17) is 16.3 Å². The van der Waals surface area contributed by atoms with Gasteiger partial charge in [-0.1, -0.05) is 11.6 Å². The minimum atomic E-state index is -0.504. The molecule has 8 heteroatoms. The van der Waals surface area contributed by atoms with Crippen LogP contribution in [0.4, 0.5) is 15.9 Å². The summed E-state index contributed by atoms with van der Waals surface area (Å²) in [4.78, 5) is 23.1. The van der Waals surface area contributed by atoms with E-state index in [0.717, 1.165) is 0 Å². The average Bonchev–Trinajstić information content (AvgIpc) is 2.71. The lowest BCUT2D eigenvalue weighted by atomic mass is 10.2. The van der Waals surface area contributed by atoms with Crippen molar-refractivity contribution in [2.24, 2.45) is 0 Å². The van der Waals surface area contributed by atoms with Crippen molar-refractivity contribution in [3.63, 3.8) is 0 Å². The van der Waals surface area contributed by atoms with E-state index in [0.29, 0.717) is 39.5 Å². The van der Waals surface area contributed by atoms with Gasteiger partial charge in [0.2, 0.25) is 5.56 Å². The molecule has 4 rings (SSSR count). The van der Waals surface area contributed by atoms with Gasteiger partial charge in [-0.05, 0) is 42.5 Å². The summed E-state index contributed by atoms with van der Waals surface area (Å²) in [5.74, 6) is 1.06. The molecule has 0 unspecified atom stereocenters. The zero-order valence-electron chi connectivity index (χ0n) is 14.7. The second kappa shape index (κ2) is 7.28. The molecule has 0 saturated heterocycles. The maximum Gasteiger partial charge on any atom is 0.247 e. The second-order valence-electron chi connectivity index (χ2n) is 5.97. The number of halogens is 2. The second-order valence-corrected chi connectivity index (χ2v) is 6.38. The number of rotatable bonds is 4. The van der Waals surface area contributed by atoms with Crippen LogP contribution in [0.5, 0.6) is 5.75 Å². The third-order valence-electron chi connectivity index (χ3n) is 4.13. The Morgan fingerprint density at radius 3 is 2.68 bits per heavy atom. The maximum atomic E-state index is 13.5. The van der Waals surface area contributed by atoms with Gasteiger partial charge in [0, 0.05) is 28.9 Å². The third-order valence-corrected chi connectivity index (χ3v) is 4.42. The van der Waals surface area contributed by atoms with Gasteiger partial charge in [0.15, 0.2) is 5.82 Å². The first-order chi connectivity index (χ1) is 13.5. The Balaban J connectivity index is 1.88. The highest BCUT2D eigenvalue weighted by Gasteiger charge is 2.12. The van der Waals surface area contributed by atoms with Gasteiger partial charge in [-0.3, -0.25) is 4.79 Å². The van der Waals surface area contributed by atoms with Gasteiger partial charge in [0.05, 0.1) is 17.6 Å². The number of H-pyrrole nitrogens is 1. The van der Waals surface area contributed by atoms with Crippen LogP contribution in [-0.2, 0) is 0 Å². The lowest BCUT2D eigenvalue weighted by Gasteiger charge is -2.12. The molecular weight excluding hydrogens is 383 g/mol. The predicted molar refractivity (Wildman–Crippen MR) is 107 cm³/mol. The van der Waals surface area contributed by atoms with Crippen LogP contribution in [0.1, 0.15) is 0 Å². The number of nitrogens with zero attached hydrogens (tertiary/aromatic N) is 2. The summed E-state index contributed by atoms with van der Waals surface area (Å²) in [7, 11) is 1.57. The van der Waals surface area contributed by atoms with Crippen LogP contribution >= 0.6 is 11.6 Å². The van der Waals surface area contributed by atoms with E-state index in [1.807, 2.05) is 6.07 Å². The van der Waals surface area contributed by atoms with Crippen molar-refractivity contribution in [1.29, 1.82) is 0 Å². The maximum absolute atomic E-state index is 13.5. The van der Waals surface area contributed by atoms with Crippen LogP contribution in [-0.4, -0.2) is 22.1 Å². The number of pyridine rings is 1. The molecule has 0 aliphatic rings. The lowest BCUT2D eigenvalue weighted by Crippen LogP contribution is -2.04. The van der Waals surface area contributed by atoms with E-state index < -0.39 is 5.82 Å². The third kappa shape index (κ3) is 3.52. The van der Waals surface area contributed by atoms with Crippen molar-refractivity contribution in [2.45, 2.75) is 0 Å². The fourth-order valence-electron chi connectivity index (χ4n) is 2.72. The monoisotopic (exact) mass is 396 g/mol. The summed E-state index contributed by atoms with van der Waals surface area (Å²) < 4.78 is 18.8. The van der Waals surface area contributed by atoms with Crippen molar-refractivity contribution >= 4 is 34.0 Å². The van der Waals surface area contributed by atoms with Gasteiger partial charge in [0.25, 0.3) is 0 Å². The van der Waals surface area contributed by atoms with Crippen LogP contribution in [0.2, 0.25) is 5.02 Å². The average molecular weight is 397 g/mol. The van der Waals surface area contributed by atoms with Crippen molar-refractivity contribution in [3.8, 4) is 17.1 Å². The van der Waals surface area contributed by atoms with Crippen LogP contribution in [0.15, 0.2) is 59.5 Å². The van der Waals surface area contributed by atoms with E-state index in [-0.39, 0.29) is 10.6 Å². The number of ether oxygens (including phenoxy) is 1. The Morgan fingerprint density at radius 2 is 1.96 bits per heavy atom. The highest BCUT2D eigenvalue weighted by Crippen LogP contribution is 2.30. The highest BCUT2D eigenvalue weighted by molar-refractivity contribution is 6.31. The van der Waals surface area contributed by atoms with Crippen LogP contribution in [0, 0.1) is 5.82 Å². The molecule has 2 aromatic carbocycles. The van der Waals surface area contributed by atoms with Crippen molar-refractivity contribution in [1.82, 2.24) is 15.0 Å². The number of hydrogen-bond donors (Lipinski definition) is 2. The largest absolute Gasteiger partial charge is 0.497 e. The summed E-state index contributed by atoms with van der Waals surface area (Å²) in [6.07, 6.45) is 1.55. The van der Waals surface area contributed by atoms with E-state index in [2.05, 4.69) is 20.3 Å². The molecule has 0 amide bonds. The topological polar surface area (TPSA) is 79.9 Å². The smallest absolute Gasteiger partial charge is 0.247 e. The molecule has 0 bridgehead atoms. The fourth-order valence-corrected chi connectivity index (χ4v) is 2.90. The molecule has 6 nitrogen and oxygen atoms in total. The number of anilines is 2. The Kier molecular flexibility index (Phi) is 4.67. The Hall–Kier alpha value is -3.45. The van der Waals surface area contributed by atoms with Crippen LogP contribution in [0.3, 0.4) is 0 Å². The normalized spacial score (nSPS) is 10.8. The first kappa shape index (κ1) is 17.9. The number of aromatic amines is 1. The van der Waals surface area contributed by atoms with Gasteiger partial charge in [-0.15, -0.1) is 0 Å². The van der Waals surface area contributed by atoms with E-state index in [1.165, 1.54) is 18.2 Å². The quantitative estimate of drug-likeness (QED) is 0.529. The SMILES string of the molecule is COc1ccc2nc(-c3ccc(=O)[nH]c3)nc(Nc3ccc(F)c(Cl)c3)c2c1. The summed E-state index contributed by atoms with van der Waals surface area (Å²) in [6.45, 7) is 0. The zero-order chi connectivity index (χ0) is 19.7. The molecule has 0 aliphatic carbocycles. The molecule has 0 saturated carbocycles. The first-order valence-corrected chi connectivity index (χ1v) is 8.68. The summed E-state index contributed by atoms with van der Waals surface area (Å²) >= 11 is 5.89. The molecule has 2 aromatic heterocycles. The molecule has 0 fully saturated rings. The van der Waals surface area contributed by atoms with Gasteiger partial charge >= 0.3 is 0 Å². The van der Waals surface area contributed by atoms with Crippen molar-refractivity contribution in [2.75, 3.05) is 12.4 Å². The number of methoxy groups -OCH3 is 1. The number of nitrogens with one attached hydrogen (secondary N) is 2. The van der Waals surface area contributed by atoms with Crippen molar-refractivity contribution in [3.05, 3.63) is 75.9 Å². The van der Waals surface area contributed by atoms with E-state index in [9.17, 15) is 9.18 Å². The Bertz CT molecular complexity index is 1220. The Morgan fingerprint density at radius 1 is 1.11 bits per heavy atom. The number of benzene rings is 2. The van der Waals surface area contributed by atoms with E-state index in [1.54, 1.807) is 37.6 Å². The molecule has 0 aliphatic heterocycles. The first-order valence-electron chi connectivity index (χ1n) is 8.30. The van der Waals surface area contributed by atoms with Gasteiger partial charge < -0.3 is 15.0 Å². The molecule has 4 aromatic rings.